The van der Waals surface area contributed by atoms with Gasteiger partial charge in [-0.2, -0.15) is 0 Å². The molecule has 0 N–H and O–H groups in total. The van der Waals surface area contributed by atoms with Crippen molar-refractivity contribution in [3.8, 4) is 0 Å². The van der Waals surface area contributed by atoms with Crippen molar-refractivity contribution in [3.63, 3.8) is 0 Å². The van der Waals surface area contributed by atoms with E-state index in [-0.39, 0.29) is 6.61 Å². The number of esters is 3. The first-order chi connectivity index (χ1) is 9.83. The maximum absolute atomic E-state index is 12.3. The summed E-state index contributed by atoms with van der Waals surface area (Å²) in [6.07, 6.45) is -0.406. The third kappa shape index (κ3) is 3.78. The summed E-state index contributed by atoms with van der Waals surface area (Å²) in [5.41, 5.74) is -2.76. The predicted octanol–water partition coefficient (Wildman–Crippen LogP) is 2.24. The van der Waals surface area contributed by atoms with Gasteiger partial charge in [-0.05, 0) is 34.1 Å². The van der Waals surface area contributed by atoms with Gasteiger partial charge in [0.15, 0.2) is 0 Å². The third-order valence-electron chi connectivity index (χ3n) is 4.01. The molecule has 0 aliphatic carbocycles. The monoisotopic (exact) mass is 314 g/mol. The minimum absolute atomic E-state index is 0.187. The van der Waals surface area contributed by atoms with Crippen LogP contribution < -0.4 is 0 Å². The first-order valence-corrected chi connectivity index (χ1v) is 7.44. The van der Waals surface area contributed by atoms with Crippen LogP contribution in [-0.4, -0.2) is 36.2 Å². The van der Waals surface area contributed by atoms with Crippen molar-refractivity contribution in [1.82, 2.24) is 0 Å². The van der Waals surface area contributed by atoms with Gasteiger partial charge >= 0.3 is 17.9 Å². The first-order valence-electron chi connectivity index (χ1n) is 7.44. The summed E-state index contributed by atoms with van der Waals surface area (Å²) in [5.74, 6) is -1.82. The zero-order chi connectivity index (χ0) is 17.3. The first kappa shape index (κ1) is 18.5. The molecule has 1 rings (SSSR count). The Morgan fingerprint density at radius 2 is 1.77 bits per heavy atom. The lowest BCUT2D eigenvalue weighted by atomic mass is 9.89. The fourth-order valence-electron chi connectivity index (χ4n) is 1.74. The van der Waals surface area contributed by atoms with Crippen molar-refractivity contribution in [3.05, 3.63) is 0 Å². The Hall–Kier alpha value is -1.59. The highest BCUT2D eigenvalue weighted by atomic mass is 16.6. The molecule has 6 nitrogen and oxygen atoms in total. The molecule has 0 aromatic heterocycles. The number of rotatable bonds is 5. The van der Waals surface area contributed by atoms with Crippen LogP contribution in [-0.2, 0) is 28.6 Å². The van der Waals surface area contributed by atoms with E-state index in [9.17, 15) is 14.4 Å². The van der Waals surface area contributed by atoms with E-state index in [0.717, 1.165) is 0 Å². The number of cyclic esters (lactones) is 1. The van der Waals surface area contributed by atoms with E-state index < -0.39 is 40.4 Å². The summed E-state index contributed by atoms with van der Waals surface area (Å²) in [6, 6.07) is 0. The Balaban J connectivity index is 2.79. The van der Waals surface area contributed by atoms with Crippen molar-refractivity contribution in [2.24, 2.45) is 10.8 Å². The largest absolute Gasteiger partial charge is 0.462 e. The fraction of sp³-hybridized carbons (Fsp3) is 0.812. The van der Waals surface area contributed by atoms with Crippen LogP contribution in [0.4, 0.5) is 0 Å². The Morgan fingerprint density at radius 3 is 2.18 bits per heavy atom. The second-order valence-electron chi connectivity index (χ2n) is 7.52. The van der Waals surface area contributed by atoms with Gasteiger partial charge in [0.1, 0.15) is 6.61 Å². The van der Waals surface area contributed by atoms with E-state index >= 15 is 0 Å². The standard InChI is InChI=1S/C16H26O6/c1-8-14(2,3)12(18)22-16(6,7)13(19)21-10-11(17)20-9-15(10,4)5/h10H,8-9H2,1-7H3. The van der Waals surface area contributed by atoms with Gasteiger partial charge in [0.25, 0.3) is 0 Å². The van der Waals surface area contributed by atoms with Crippen LogP contribution in [0.5, 0.6) is 0 Å². The molecule has 1 fully saturated rings. The smallest absolute Gasteiger partial charge is 0.350 e. The summed E-state index contributed by atoms with van der Waals surface area (Å²) in [6.45, 7) is 12.0. The SMILES string of the molecule is CCC(C)(C)C(=O)OC(C)(C)C(=O)OC1C(=O)OCC1(C)C. The quantitative estimate of drug-likeness (QED) is 0.572. The zero-order valence-corrected chi connectivity index (χ0v) is 14.4. The van der Waals surface area contributed by atoms with Crippen molar-refractivity contribution >= 4 is 17.9 Å². The molecule has 126 valence electrons. The van der Waals surface area contributed by atoms with Crippen molar-refractivity contribution in [1.29, 1.82) is 0 Å². The van der Waals surface area contributed by atoms with E-state index in [1.54, 1.807) is 27.7 Å². The molecular formula is C16H26O6. The molecule has 0 aromatic rings. The normalized spacial score (nSPS) is 21.2. The second-order valence-corrected chi connectivity index (χ2v) is 7.52. The molecule has 1 aliphatic heterocycles. The maximum atomic E-state index is 12.3. The summed E-state index contributed by atoms with van der Waals surface area (Å²) in [7, 11) is 0. The molecule has 1 heterocycles. The molecule has 0 amide bonds. The molecular weight excluding hydrogens is 288 g/mol. The van der Waals surface area contributed by atoms with E-state index in [4.69, 9.17) is 14.2 Å². The van der Waals surface area contributed by atoms with Crippen LogP contribution >= 0.6 is 0 Å². The Kier molecular flexibility index (Phi) is 4.94. The van der Waals surface area contributed by atoms with Gasteiger partial charge in [0.2, 0.25) is 11.7 Å². The van der Waals surface area contributed by atoms with Crippen LogP contribution in [0, 0.1) is 10.8 Å². The molecule has 22 heavy (non-hydrogen) atoms. The maximum Gasteiger partial charge on any atom is 0.350 e. The van der Waals surface area contributed by atoms with Crippen molar-refractivity contribution in [2.45, 2.75) is 66.6 Å². The van der Waals surface area contributed by atoms with Crippen LogP contribution in [0.3, 0.4) is 0 Å². The van der Waals surface area contributed by atoms with Crippen molar-refractivity contribution < 1.29 is 28.6 Å². The van der Waals surface area contributed by atoms with E-state index in [1.807, 2.05) is 6.92 Å². The van der Waals surface area contributed by atoms with Crippen molar-refractivity contribution in [2.75, 3.05) is 6.61 Å². The van der Waals surface area contributed by atoms with Gasteiger partial charge in [-0.25, -0.2) is 9.59 Å². The fourth-order valence-corrected chi connectivity index (χ4v) is 1.74. The van der Waals surface area contributed by atoms with Gasteiger partial charge < -0.3 is 14.2 Å². The second kappa shape index (κ2) is 5.89. The molecule has 6 heteroatoms. The van der Waals surface area contributed by atoms with E-state index in [0.29, 0.717) is 6.42 Å². The Morgan fingerprint density at radius 1 is 1.23 bits per heavy atom. The van der Waals surface area contributed by atoms with E-state index in [1.165, 1.54) is 13.8 Å². The van der Waals surface area contributed by atoms with Crippen LogP contribution in [0.1, 0.15) is 54.9 Å². The molecule has 0 bridgehead atoms. The van der Waals surface area contributed by atoms with Crippen LogP contribution in [0.15, 0.2) is 0 Å². The number of carbonyl (C=O) groups excluding carboxylic acids is 3. The Bertz CT molecular complexity index is 475. The lowest BCUT2D eigenvalue weighted by Gasteiger charge is -2.30. The van der Waals surface area contributed by atoms with Gasteiger partial charge in [-0.15, -0.1) is 0 Å². The minimum Gasteiger partial charge on any atom is -0.462 e. The number of ether oxygens (including phenoxy) is 3. The summed E-state index contributed by atoms with van der Waals surface area (Å²) < 4.78 is 15.5. The van der Waals surface area contributed by atoms with Gasteiger partial charge in [0, 0.05) is 5.41 Å². The zero-order valence-electron chi connectivity index (χ0n) is 14.4. The van der Waals surface area contributed by atoms with Gasteiger partial charge in [-0.3, -0.25) is 4.79 Å². The topological polar surface area (TPSA) is 78.9 Å². The van der Waals surface area contributed by atoms with Gasteiger partial charge in [0.05, 0.1) is 5.41 Å². The summed E-state index contributed by atoms with van der Waals surface area (Å²) in [5, 5.41) is 0. The number of carbonyl (C=O) groups is 3. The van der Waals surface area contributed by atoms with Gasteiger partial charge in [-0.1, -0.05) is 20.8 Å². The molecule has 0 spiro atoms. The molecule has 1 saturated heterocycles. The van der Waals surface area contributed by atoms with E-state index in [2.05, 4.69) is 0 Å². The molecule has 1 unspecified atom stereocenters. The highest BCUT2D eigenvalue weighted by Crippen LogP contribution is 2.33. The minimum atomic E-state index is -1.47. The number of hydrogen-bond acceptors (Lipinski definition) is 6. The Labute approximate surface area is 131 Å². The van der Waals surface area contributed by atoms with Crippen LogP contribution in [0.2, 0.25) is 0 Å². The third-order valence-corrected chi connectivity index (χ3v) is 4.01. The molecule has 0 aromatic carbocycles. The summed E-state index contributed by atoms with van der Waals surface area (Å²) in [4.78, 5) is 36.1. The molecule has 0 radical (unpaired) electrons. The average molecular weight is 314 g/mol. The molecule has 0 saturated carbocycles. The highest BCUT2D eigenvalue weighted by molar-refractivity contribution is 5.87. The highest BCUT2D eigenvalue weighted by Gasteiger charge is 2.49. The number of hydrogen-bond donors (Lipinski definition) is 0. The lowest BCUT2D eigenvalue weighted by Crippen LogP contribution is -2.46. The summed E-state index contributed by atoms with van der Waals surface area (Å²) >= 11 is 0. The van der Waals surface area contributed by atoms with Crippen LogP contribution in [0.25, 0.3) is 0 Å². The lowest BCUT2D eigenvalue weighted by molar-refractivity contribution is -0.190. The molecule has 1 aliphatic rings. The average Bonchev–Trinajstić information content (AvgIpc) is 2.64. The molecule has 1 atom stereocenters. The predicted molar refractivity (Wildman–Crippen MR) is 78.9 cm³/mol.